The van der Waals surface area contributed by atoms with Gasteiger partial charge in [0.2, 0.25) is 0 Å². The molecule has 0 amide bonds. The minimum absolute atomic E-state index is 0.319. The number of hydrogen-bond donors (Lipinski definition) is 0. The van der Waals surface area contributed by atoms with Crippen molar-refractivity contribution in [2.75, 3.05) is 7.11 Å². The van der Waals surface area contributed by atoms with Crippen LogP contribution in [0.1, 0.15) is 16.5 Å². The van der Waals surface area contributed by atoms with Crippen LogP contribution in [0.3, 0.4) is 0 Å². The Morgan fingerprint density at radius 1 is 1.15 bits per heavy atom. The van der Waals surface area contributed by atoms with Gasteiger partial charge in [-0.3, -0.25) is 0 Å². The molecule has 1 unspecified atom stereocenters. The number of halogens is 5. The van der Waals surface area contributed by atoms with E-state index in [0.29, 0.717) is 25.8 Å². The molecule has 2 aromatic rings. The third-order valence-corrected chi connectivity index (χ3v) is 4.62. The second-order valence-electron chi connectivity index (χ2n) is 4.04. The van der Waals surface area contributed by atoms with Crippen molar-refractivity contribution in [2.45, 2.75) is 5.38 Å². The van der Waals surface area contributed by atoms with Gasteiger partial charge in [-0.1, -0.05) is 29.3 Å². The highest BCUT2D eigenvalue weighted by molar-refractivity contribution is 9.10. The van der Waals surface area contributed by atoms with Crippen LogP contribution < -0.4 is 4.74 Å². The van der Waals surface area contributed by atoms with Crippen molar-refractivity contribution in [3.8, 4) is 5.75 Å². The topological polar surface area (TPSA) is 9.23 Å². The van der Waals surface area contributed by atoms with Gasteiger partial charge in [-0.25, -0.2) is 4.39 Å². The number of ether oxygens (including phenoxy) is 1. The normalized spacial score (nSPS) is 12.3. The van der Waals surface area contributed by atoms with Gasteiger partial charge in [0.25, 0.3) is 0 Å². The molecule has 2 aromatic carbocycles. The molecular weight excluding hydrogens is 389 g/mol. The number of benzene rings is 2. The van der Waals surface area contributed by atoms with Crippen LogP contribution in [0, 0.1) is 5.82 Å². The number of hydrogen-bond acceptors (Lipinski definition) is 1. The third kappa shape index (κ3) is 3.22. The largest absolute Gasteiger partial charge is 0.496 e. The molecule has 0 aromatic heterocycles. The van der Waals surface area contributed by atoms with E-state index in [1.54, 1.807) is 24.3 Å². The van der Waals surface area contributed by atoms with Gasteiger partial charge in [-0.05, 0) is 39.7 Å². The van der Waals surface area contributed by atoms with Gasteiger partial charge in [0.05, 0.1) is 27.0 Å². The van der Waals surface area contributed by atoms with Gasteiger partial charge in [0.15, 0.2) is 0 Å². The van der Waals surface area contributed by atoms with Gasteiger partial charge < -0.3 is 4.74 Å². The lowest BCUT2D eigenvalue weighted by Gasteiger charge is -2.16. The molecule has 0 saturated carbocycles. The first-order valence-corrected chi connectivity index (χ1v) is 7.54. The maximum absolute atomic E-state index is 13.5. The maximum Gasteiger partial charge on any atom is 0.141 e. The van der Waals surface area contributed by atoms with E-state index in [0.717, 1.165) is 5.56 Å². The number of alkyl halides is 1. The summed E-state index contributed by atoms with van der Waals surface area (Å²) in [6.07, 6.45) is 0. The molecule has 6 heteroatoms. The van der Waals surface area contributed by atoms with Crippen molar-refractivity contribution in [1.82, 2.24) is 0 Å². The van der Waals surface area contributed by atoms with Crippen molar-refractivity contribution >= 4 is 50.7 Å². The summed E-state index contributed by atoms with van der Waals surface area (Å²) in [5.41, 5.74) is 1.39. The molecule has 0 aliphatic carbocycles. The van der Waals surface area contributed by atoms with Crippen LogP contribution in [-0.2, 0) is 0 Å². The predicted octanol–water partition coefficient (Wildman–Crippen LogP) is 6.23. The Labute approximate surface area is 139 Å². The molecular formula is C14H9BrCl3FO. The molecule has 0 saturated heterocycles. The summed E-state index contributed by atoms with van der Waals surface area (Å²) in [7, 11) is 1.46. The minimum Gasteiger partial charge on any atom is -0.496 e. The van der Waals surface area contributed by atoms with Crippen LogP contribution in [0.2, 0.25) is 10.0 Å². The predicted molar refractivity (Wildman–Crippen MR) is 84.8 cm³/mol. The second-order valence-corrected chi connectivity index (χ2v) is 6.15. The van der Waals surface area contributed by atoms with Crippen molar-refractivity contribution < 1.29 is 9.13 Å². The highest BCUT2D eigenvalue weighted by Gasteiger charge is 2.19. The Hall–Kier alpha value is -0.480. The lowest BCUT2D eigenvalue weighted by atomic mass is 10.0. The molecule has 1 nitrogen and oxygen atoms in total. The highest BCUT2D eigenvalue weighted by Crippen LogP contribution is 2.39. The fourth-order valence-corrected chi connectivity index (χ4v) is 2.74. The first-order valence-electron chi connectivity index (χ1n) is 5.56. The zero-order valence-electron chi connectivity index (χ0n) is 10.3. The molecule has 1 atom stereocenters. The van der Waals surface area contributed by atoms with E-state index in [-0.39, 0.29) is 0 Å². The Bertz CT molecular complexity index is 649. The van der Waals surface area contributed by atoms with Gasteiger partial charge in [0, 0.05) is 11.6 Å². The SMILES string of the molecule is COc1cc(F)c(Br)cc1C(Cl)c1ccc(Cl)c(Cl)c1. The van der Waals surface area contributed by atoms with E-state index < -0.39 is 11.2 Å². The zero-order chi connectivity index (χ0) is 14.9. The smallest absolute Gasteiger partial charge is 0.141 e. The van der Waals surface area contributed by atoms with Crippen LogP contribution in [0.25, 0.3) is 0 Å². The summed E-state index contributed by atoms with van der Waals surface area (Å²) >= 11 is 21.4. The molecule has 0 N–H and O–H groups in total. The third-order valence-electron chi connectivity index (χ3n) is 2.78. The first kappa shape index (κ1) is 15.9. The fourth-order valence-electron chi connectivity index (χ4n) is 1.77. The zero-order valence-corrected chi connectivity index (χ0v) is 14.1. The minimum atomic E-state index is -0.531. The van der Waals surface area contributed by atoms with E-state index in [9.17, 15) is 4.39 Å². The molecule has 20 heavy (non-hydrogen) atoms. The summed E-state index contributed by atoms with van der Waals surface area (Å²) < 4.78 is 19.0. The molecule has 2 rings (SSSR count). The van der Waals surface area contributed by atoms with Crippen molar-refractivity contribution in [2.24, 2.45) is 0 Å². The van der Waals surface area contributed by atoms with Crippen LogP contribution in [0.4, 0.5) is 4.39 Å². The monoisotopic (exact) mass is 396 g/mol. The second kappa shape index (κ2) is 6.52. The Morgan fingerprint density at radius 2 is 1.85 bits per heavy atom. The molecule has 0 spiro atoms. The number of methoxy groups -OCH3 is 1. The molecule has 106 valence electrons. The van der Waals surface area contributed by atoms with E-state index in [1.807, 2.05) is 0 Å². The molecule has 0 fully saturated rings. The van der Waals surface area contributed by atoms with Crippen LogP contribution in [-0.4, -0.2) is 7.11 Å². The van der Waals surface area contributed by atoms with Crippen LogP contribution >= 0.6 is 50.7 Å². The van der Waals surface area contributed by atoms with E-state index in [1.165, 1.54) is 13.2 Å². The Morgan fingerprint density at radius 3 is 2.45 bits per heavy atom. The van der Waals surface area contributed by atoms with Crippen LogP contribution in [0.15, 0.2) is 34.8 Å². The lowest BCUT2D eigenvalue weighted by Crippen LogP contribution is -1.99. The first-order chi connectivity index (χ1) is 9.43. The Balaban J connectivity index is 2.49. The fraction of sp³-hybridized carbons (Fsp3) is 0.143. The van der Waals surface area contributed by atoms with Crippen LogP contribution in [0.5, 0.6) is 5.75 Å². The van der Waals surface area contributed by atoms with Gasteiger partial charge >= 0.3 is 0 Å². The van der Waals surface area contributed by atoms with Crippen molar-refractivity contribution in [3.63, 3.8) is 0 Å². The molecule has 0 aliphatic heterocycles. The summed E-state index contributed by atoms with van der Waals surface area (Å²) in [5.74, 6) is -0.0413. The van der Waals surface area contributed by atoms with Crippen molar-refractivity contribution in [1.29, 1.82) is 0 Å². The Kier molecular flexibility index (Phi) is 5.19. The van der Waals surface area contributed by atoms with Gasteiger partial charge in [-0.15, -0.1) is 11.6 Å². The highest BCUT2D eigenvalue weighted by atomic mass is 79.9. The quantitative estimate of drug-likeness (QED) is 0.557. The summed E-state index contributed by atoms with van der Waals surface area (Å²) in [6.45, 7) is 0. The average molecular weight is 398 g/mol. The number of rotatable bonds is 3. The molecule has 0 bridgehead atoms. The van der Waals surface area contributed by atoms with E-state index in [4.69, 9.17) is 39.5 Å². The maximum atomic E-state index is 13.5. The summed E-state index contributed by atoms with van der Waals surface area (Å²) in [4.78, 5) is 0. The van der Waals surface area contributed by atoms with E-state index >= 15 is 0 Å². The summed E-state index contributed by atoms with van der Waals surface area (Å²) in [5, 5.41) is 0.332. The lowest BCUT2D eigenvalue weighted by molar-refractivity contribution is 0.406. The van der Waals surface area contributed by atoms with E-state index in [2.05, 4.69) is 15.9 Å². The standard InChI is InChI=1S/C14H9BrCl3FO/c1-20-13-6-12(19)9(15)5-8(13)14(18)7-2-3-10(16)11(17)4-7/h2-6,14H,1H3. The molecule has 0 heterocycles. The molecule has 0 radical (unpaired) electrons. The van der Waals surface area contributed by atoms with Crippen molar-refractivity contribution in [3.05, 3.63) is 61.8 Å². The summed E-state index contributed by atoms with van der Waals surface area (Å²) in [6, 6.07) is 7.99. The molecule has 0 aliphatic rings. The van der Waals surface area contributed by atoms with Gasteiger partial charge in [0.1, 0.15) is 11.6 Å². The average Bonchev–Trinajstić information content (AvgIpc) is 2.43. The van der Waals surface area contributed by atoms with Gasteiger partial charge in [-0.2, -0.15) is 0 Å².